The SMILES string of the molecule is NCCNS(=O)(=O)CCN. The summed E-state index contributed by atoms with van der Waals surface area (Å²) in [7, 11) is -3.15. The molecule has 0 radical (unpaired) electrons. The molecule has 0 atom stereocenters. The molecule has 0 fully saturated rings. The highest BCUT2D eigenvalue weighted by atomic mass is 32.2. The van der Waals surface area contributed by atoms with Crippen LogP contribution in [0.5, 0.6) is 0 Å². The molecule has 0 aromatic rings. The second-order valence-corrected chi connectivity index (χ2v) is 3.72. The third-order valence-electron chi connectivity index (χ3n) is 0.853. The van der Waals surface area contributed by atoms with Gasteiger partial charge in [0, 0.05) is 19.6 Å². The molecule has 0 amide bonds. The lowest BCUT2D eigenvalue weighted by atomic mass is 10.7. The van der Waals surface area contributed by atoms with Gasteiger partial charge in [0.1, 0.15) is 0 Å². The van der Waals surface area contributed by atoms with Gasteiger partial charge in [-0.05, 0) is 0 Å². The molecule has 0 aliphatic heterocycles. The summed E-state index contributed by atoms with van der Waals surface area (Å²) < 4.78 is 23.8. The number of nitrogens with two attached hydrogens (primary N) is 2. The lowest BCUT2D eigenvalue weighted by Gasteiger charge is -2.01. The van der Waals surface area contributed by atoms with Crippen molar-refractivity contribution in [3.8, 4) is 0 Å². The van der Waals surface area contributed by atoms with E-state index in [0.717, 1.165) is 0 Å². The first kappa shape index (κ1) is 9.83. The second-order valence-electron chi connectivity index (χ2n) is 1.79. The zero-order valence-electron chi connectivity index (χ0n) is 5.71. The molecule has 0 unspecified atom stereocenters. The molecule has 62 valence electrons. The van der Waals surface area contributed by atoms with Crippen molar-refractivity contribution in [2.45, 2.75) is 0 Å². The zero-order valence-corrected chi connectivity index (χ0v) is 6.52. The second kappa shape index (κ2) is 4.62. The van der Waals surface area contributed by atoms with E-state index in [4.69, 9.17) is 11.5 Å². The minimum atomic E-state index is -3.15. The van der Waals surface area contributed by atoms with Crippen molar-refractivity contribution >= 4 is 10.0 Å². The summed E-state index contributed by atoms with van der Waals surface area (Å²) in [6.45, 7) is 0.728. The minimum absolute atomic E-state index is 0.0347. The number of hydrogen-bond donors (Lipinski definition) is 3. The Bertz CT molecular complexity index is 165. The fourth-order valence-electron chi connectivity index (χ4n) is 0.442. The Morgan fingerprint density at radius 2 is 1.80 bits per heavy atom. The van der Waals surface area contributed by atoms with Crippen molar-refractivity contribution in [2.75, 3.05) is 25.4 Å². The predicted molar refractivity (Wildman–Crippen MR) is 39.9 cm³/mol. The van der Waals surface area contributed by atoms with Crippen LogP contribution in [-0.4, -0.2) is 33.8 Å². The van der Waals surface area contributed by atoms with Crippen LogP contribution in [0.25, 0.3) is 0 Å². The molecule has 0 bridgehead atoms. The van der Waals surface area contributed by atoms with Gasteiger partial charge in [0.05, 0.1) is 5.75 Å². The van der Waals surface area contributed by atoms with Gasteiger partial charge >= 0.3 is 0 Å². The minimum Gasteiger partial charge on any atom is -0.329 e. The number of sulfonamides is 1. The standard InChI is InChI=1S/C4H13N3O2S/c5-1-3-7-10(8,9)4-2-6/h7H,1-6H2. The van der Waals surface area contributed by atoms with Gasteiger partial charge in [-0.3, -0.25) is 0 Å². The molecule has 0 aliphatic rings. The summed E-state index contributed by atoms with van der Waals surface area (Å²) in [5, 5.41) is 0. The van der Waals surface area contributed by atoms with Gasteiger partial charge in [0.2, 0.25) is 10.0 Å². The van der Waals surface area contributed by atoms with Crippen molar-refractivity contribution in [1.29, 1.82) is 0 Å². The van der Waals surface area contributed by atoms with Crippen molar-refractivity contribution in [3.63, 3.8) is 0 Å². The molecule has 0 saturated heterocycles. The summed E-state index contributed by atoms with van der Waals surface area (Å²) in [4.78, 5) is 0. The van der Waals surface area contributed by atoms with Crippen molar-refractivity contribution < 1.29 is 8.42 Å². The third-order valence-corrected chi connectivity index (χ3v) is 2.27. The lowest BCUT2D eigenvalue weighted by molar-refractivity contribution is 0.582. The first-order valence-corrected chi connectivity index (χ1v) is 4.65. The van der Waals surface area contributed by atoms with E-state index in [2.05, 4.69) is 4.72 Å². The highest BCUT2D eigenvalue weighted by molar-refractivity contribution is 7.89. The normalized spacial score (nSPS) is 11.8. The van der Waals surface area contributed by atoms with Crippen LogP contribution < -0.4 is 16.2 Å². The molecule has 0 spiro atoms. The predicted octanol–water partition coefficient (Wildman–Crippen LogP) is -2.18. The van der Waals surface area contributed by atoms with Crippen LogP contribution in [0.4, 0.5) is 0 Å². The molecule has 0 aromatic carbocycles. The molecule has 0 rings (SSSR count). The Kier molecular flexibility index (Phi) is 4.54. The molecule has 0 aliphatic carbocycles. The van der Waals surface area contributed by atoms with Gasteiger partial charge in [-0.2, -0.15) is 0 Å². The summed E-state index contributed by atoms with van der Waals surface area (Å²) in [6, 6.07) is 0. The Labute approximate surface area is 60.8 Å². The quantitative estimate of drug-likeness (QED) is 0.433. The Morgan fingerprint density at radius 1 is 1.20 bits per heavy atom. The molecule has 0 aromatic heterocycles. The topological polar surface area (TPSA) is 98.2 Å². The van der Waals surface area contributed by atoms with Gasteiger partial charge in [0.15, 0.2) is 0 Å². The van der Waals surface area contributed by atoms with Crippen LogP contribution in [0.3, 0.4) is 0 Å². The molecular formula is C4H13N3O2S. The maximum atomic E-state index is 10.7. The van der Waals surface area contributed by atoms with E-state index in [0.29, 0.717) is 6.54 Å². The average Bonchev–Trinajstić information content (AvgIpc) is 1.84. The summed E-state index contributed by atoms with van der Waals surface area (Å²) in [5.41, 5.74) is 10.1. The summed E-state index contributed by atoms with van der Waals surface area (Å²) in [6.07, 6.45) is 0. The van der Waals surface area contributed by atoms with Crippen LogP contribution in [0.15, 0.2) is 0 Å². The van der Waals surface area contributed by atoms with Crippen LogP contribution in [0, 0.1) is 0 Å². The van der Waals surface area contributed by atoms with E-state index in [9.17, 15) is 8.42 Å². The van der Waals surface area contributed by atoms with Crippen LogP contribution >= 0.6 is 0 Å². The number of rotatable bonds is 5. The monoisotopic (exact) mass is 167 g/mol. The molecular weight excluding hydrogens is 154 g/mol. The number of nitrogens with one attached hydrogen (secondary N) is 1. The Balaban J connectivity index is 3.65. The Hall–Kier alpha value is -0.170. The van der Waals surface area contributed by atoms with Gasteiger partial charge in [-0.25, -0.2) is 13.1 Å². The van der Waals surface area contributed by atoms with Crippen LogP contribution in [0.1, 0.15) is 0 Å². The lowest BCUT2D eigenvalue weighted by Crippen LogP contribution is -2.33. The highest BCUT2D eigenvalue weighted by Gasteiger charge is 2.05. The fourth-order valence-corrected chi connectivity index (χ4v) is 1.33. The molecule has 6 heteroatoms. The van der Waals surface area contributed by atoms with E-state index in [-0.39, 0.29) is 18.8 Å². The first-order chi connectivity index (χ1) is 4.62. The average molecular weight is 167 g/mol. The third kappa shape index (κ3) is 4.68. The number of hydrogen-bond acceptors (Lipinski definition) is 4. The van der Waals surface area contributed by atoms with Gasteiger partial charge in [0.25, 0.3) is 0 Å². The maximum absolute atomic E-state index is 10.7. The van der Waals surface area contributed by atoms with Gasteiger partial charge < -0.3 is 11.5 Å². The van der Waals surface area contributed by atoms with E-state index in [1.165, 1.54) is 0 Å². The van der Waals surface area contributed by atoms with E-state index >= 15 is 0 Å². The van der Waals surface area contributed by atoms with E-state index in [1.807, 2.05) is 0 Å². The van der Waals surface area contributed by atoms with Gasteiger partial charge in [-0.1, -0.05) is 0 Å². The Morgan fingerprint density at radius 3 is 2.20 bits per heavy atom. The summed E-state index contributed by atoms with van der Waals surface area (Å²) in [5.74, 6) is -0.0347. The van der Waals surface area contributed by atoms with E-state index in [1.54, 1.807) is 0 Å². The molecule has 5 nitrogen and oxygen atoms in total. The van der Waals surface area contributed by atoms with Crippen LogP contribution in [-0.2, 0) is 10.0 Å². The largest absolute Gasteiger partial charge is 0.329 e. The zero-order chi connectivity index (χ0) is 8.04. The van der Waals surface area contributed by atoms with Crippen LogP contribution in [0.2, 0.25) is 0 Å². The molecule has 5 N–H and O–H groups in total. The highest BCUT2D eigenvalue weighted by Crippen LogP contribution is 1.78. The first-order valence-electron chi connectivity index (χ1n) is 3.00. The van der Waals surface area contributed by atoms with Crippen molar-refractivity contribution in [3.05, 3.63) is 0 Å². The molecule has 0 saturated carbocycles. The summed E-state index contributed by atoms with van der Waals surface area (Å²) >= 11 is 0. The van der Waals surface area contributed by atoms with Gasteiger partial charge in [-0.15, -0.1) is 0 Å². The molecule has 10 heavy (non-hydrogen) atoms. The smallest absolute Gasteiger partial charge is 0.212 e. The van der Waals surface area contributed by atoms with Crippen molar-refractivity contribution in [2.24, 2.45) is 11.5 Å². The maximum Gasteiger partial charge on any atom is 0.212 e. The van der Waals surface area contributed by atoms with E-state index < -0.39 is 10.0 Å². The van der Waals surface area contributed by atoms with Crippen molar-refractivity contribution in [1.82, 2.24) is 4.72 Å². The fraction of sp³-hybridized carbons (Fsp3) is 1.00. The molecule has 0 heterocycles.